The van der Waals surface area contributed by atoms with Crippen LogP contribution >= 0.6 is 12.4 Å². The Hall–Kier alpha value is -2.10. The van der Waals surface area contributed by atoms with E-state index in [0.717, 1.165) is 5.56 Å². The average molecular weight is 418 g/mol. The predicted molar refractivity (Wildman–Crippen MR) is 102 cm³/mol. The van der Waals surface area contributed by atoms with Crippen molar-refractivity contribution < 1.29 is 18.0 Å². The number of amides is 1. The van der Waals surface area contributed by atoms with Gasteiger partial charge in [0.15, 0.2) is 0 Å². The van der Waals surface area contributed by atoms with Crippen molar-refractivity contribution in [2.75, 3.05) is 32.7 Å². The van der Waals surface area contributed by atoms with E-state index in [-0.39, 0.29) is 18.0 Å². The van der Waals surface area contributed by atoms with Crippen LogP contribution in [-0.4, -0.2) is 65.5 Å². The molecule has 10 heteroatoms. The first-order chi connectivity index (χ1) is 12.9. The van der Waals surface area contributed by atoms with Crippen molar-refractivity contribution in [2.45, 2.75) is 18.8 Å². The number of carbonyl (C=O) groups is 1. The molecule has 1 aliphatic rings. The highest BCUT2D eigenvalue weighted by Gasteiger charge is 2.43. The first kappa shape index (κ1) is 22.2. The Morgan fingerprint density at radius 2 is 1.89 bits per heavy atom. The standard InChI is InChI=1S/C18H22F3N5O.ClH/c19-18(20,21)16(25-8-6-22-7-9-25)11-23-17(27)15-10-24-26(13-15)12-14-4-2-1-3-5-14;/h1-5,10,13,16,22H,6-9,11-12H2,(H,23,27);1H. The molecule has 6 nitrogen and oxygen atoms in total. The van der Waals surface area contributed by atoms with Gasteiger partial charge in [0, 0.05) is 38.9 Å². The van der Waals surface area contributed by atoms with Crippen LogP contribution in [0, 0.1) is 0 Å². The van der Waals surface area contributed by atoms with E-state index in [4.69, 9.17) is 0 Å². The summed E-state index contributed by atoms with van der Waals surface area (Å²) in [6.45, 7) is 1.62. The van der Waals surface area contributed by atoms with Gasteiger partial charge in [-0.05, 0) is 5.56 Å². The minimum atomic E-state index is -4.40. The highest BCUT2D eigenvalue weighted by atomic mass is 35.5. The quantitative estimate of drug-likeness (QED) is 0.754. The number of hydrogen-bond donors (Lipinski definition) is 2. The van der Waals surface area contributed by atoms with E-state index in [1.807, 2.05) is 30.3 Å². The van der Waals surface area contributed by atoms with Gasteiger partial charge >= 0.3 is 6.18 Å². The van der Waals surface area contributed by atoms with Gasteiger partial charge in [-0.3, -0.25) is 14.4 Å². The van der Waals surface area contributed by atoms with Gasteiger partial charge in [-0.25, -0.2) is 0 Å². The van der Waals surface area contributed by atoms with E-state index in [9.17, 15) is 18.0 Å². The maximum absolute atomic E-state index is 13.4. The summed E-state index contributed by atoms with van der Waals surface area (Å²) in [6.07, 6.45) is -1.50. The van der Waals surface area contributed by atoms with Gasteiger partial charge in [0.1, 0.15) is 6.04 Å². The van der Waals surface area contributed by atoms with E-state index in [2.05, 4.69) is 15.7 Å². The van der Waals surface area contributed by atoms with Crippen molar-refractivity contribution in [3.63, 3.8) is 0 Å². The molecule has 0 bridgehead atoms. The van der Waals surface area contributed by atoms with Crippen molar-refractivity contribution in [1.82, 2.24) is 25.3 Å². The molecule has 1 aromatic carbocycles. The van der Waals surface area contributed by atoms with Crippen molar-refractivity contribution in [1.29, 1.82) is 0 Å². The van der Waals surface area contributed by atoms with Crippen molar-refractivity contribution in [3.05, 3.63) is 53.9 Å². The maximum atomic E-state index is 13.4. The highest BCUT2D eigenvalue weighted by Crippen LogP contribution is 2.24. The molecule has 1 aliphatic heterocycles. The smallest absolute Gasteiger partial charge is 0.350 e. The summed E-state index contributed by atoms with van der Waals surface area (Å²) >= 11 is 0. The SMILES string of the molecule is Cl.O=C(NCC(N1CCNCC1)C(F)(F)F)c1cnn(Cc2ccccc2)c1. The molecule has 3 rings (SSSR count). The molecule has 1 atom stereocenters. The minimum Gasteiger partial charge on any atom is -0.350 e. The van der Waals surface area contributed by atoms with Crippen LogP contribution in [0.15, 0.2) is 42.7 Å². The molecule has 154 valence electrons. The Labute approximate surface area is 167 Å². The molecular formula is C18H23ClF3N5O. The van der Waals surface area contributed by atoms with Crippen LogP contribution in [0.5, 0.6) is 0 Å². The zero-order chi connectivity index (χ0) is 19.3. The second-order valence-electron chi connectivity index (χ2n) is 6.47. The molecule has 0 aliphatic carbocycles. The van der Waals surface area contributed by atoms with Crippen LogP contribution in [0.25, 0.3) is 0 Å². The molecule has 2 N–H and O–H groups in total. The van der Waals surface area contributed by atoms with E-state index < -0.39 is 24.7 Å². The molecule has 0 spiro atoms. The molecule has 0 radical (unpaired) electrons. The molecule has 28 heavy (non-hydrogen) atoms. The van der Waals surface area contributed by atoms with Crippen molar-refractivity contribution in [2.24, 2.45) is 0 Å². The molecule has 1 saturated heterocycles. The van der Waals surface area contributed by atoms with Crippen LogP contribution in [0.1, 0.15) is 15.9 Å². The number of rotatable bonds is 6. The molecule has 2 heterocycles. The Bertz CT molecular complexity index is 747. The fourth-order valence-corrected chi connectivity index (χ4v) is 3.07. The third-order valence-corrected chi connectivity index (χ3v) is 4.51. The fraction of sp³-hybridized carbons (Fsp3) is 0.444. The van der Waals surface area contributed by atoms with E-state index in [1.165, 1.54) is 17.3 Å². The number of hydrogen-bond acceptors (Lipinski definition) is 4. The summed E-state index contributed by atoms with van der Waals surface area (Å²) < 4.78 is 41.7. The zero-order valence-corrected chi connectivity index (χ0v) is 16.0. The Kier molecular flexibility index (Phi) is 7.85. The monoisotopic (exact) mass is 417 g/mol. The van der Waals surface area contributed by atoms with Crippen LogP contribution in [0.3, 0.4) is 0 Å². The lowest BCUT2D eigenvalue weighted by Crippen LogP contribution is -2.57. The molecule has 0 saturated carbocycles. The van der Waals surface area contributed by atoms with Gasteiger partial charge in [0.25, 0.3) is 5.91 Å². The average Bonchev–Trinajstić information content (AvgIpc) is 3.11. The van der Waals surface area contributed by atoms with Gasteiger partial charge < -0.3 is 10.6 Å². The minimum absolute atomic E-state index is 0. The predicted octanol–water partition coefficient (Wildman–Crippen LogP) is 1.92. The van der Waals surface area contributed by atoms with Crippen molar-refractivity contribution in [3.8, 4) is 0 Å². The number of nitrogens with zero attached hydrogens (tertiary/aromatic N) is 3. The lowest BCUT2D eigenvalue weighted by atomic mass is 10.2. The number of carbonyl (C=O) groups excluding carboxylic acids is 1. The summed E-state index contributed by atoms with van der Waals surface area (Å²) in [6, 6.07) is 7.88. The third kappa shape index (κ3) is 5.95. The normalized spacial score (nSPS) is 16.2. The van der Waals surface area contributed by atoms with Crippen molar-refractivity contribution >= 4 is 18.3 Å². The summed E-state index contributed by atoms with van der Waals surface area (Å²) in [7, 11) is 0. The van der Waals surface area contributed by atoms with Gasteiger partial charge in [-0.2, -0.15) is 18.3 Å². The summed E-state index contributed by atoms with van der Waals surface area (Å²) in [5.74, 6) is -0.557. The fourth-order valence-electron chi connectivity index (χ4n) is 3.07. The van der Waals surface area contributed by atoms with Crippen LogP contribution in [0.2, 0.25) is 0 Å². The van der Waals surface area contributed by atoms with Gasteiger partial charge in [-0.15, -0.1) is 12.4 Å². The number of halogens is 4. The third-order valence-electron chi connectivity index (χ3n) is 4.51. The Balaban J connectivity index is 0.00000280. The molecule has 1 fully saturated rings. The number of nitrogens with one attached hydrogen (secondary N) is 2. The number of benzene rings is 1. The van der Waals surface area contributed by atoms with Crippen LogP contribution in [0.4, 0.5) is 13.2 Å². The van der Waals surface area contributed by atoms with Gasteiger partial charge in [0.2, 0.25) is 0 Å². The molecule has 1 unspecified atom stereocenters. The topological polar surface area (TPSA) is 62.2 Å². The van der Waals surface area contributed by atoms with Gasteiger partial charge in [0.05, 0.1) is 18.3 Å². The van der Waals surface area contributed by atoms with Crippen LogP contribution < -0.4 is 10.6 Å². The van der Waals surface area contributed by atoms with E-state index in [0.29, 0.717) is 32.7 Å². The lowest BCUT2D eigenvalue weighted by molar-refractivity contribution is -0.183. The number of aromatic nitrogens is 2. The first-order valence-electron chi connectivity index (χ1n) is 8.79. The second-order valence-corrected chi connectivity index (χ2v) is 6.47. The van der Waals surface area contributed by atoms with E-state index >= 15 is 0 Å². The Morgan fingerprint density at radius 3 is 2.54 bits per heavy atom. The summed E-state index contributed by atoms with van der Waals surface area (Å²) in [5.41, 5.74) is 1.26. The highest BCUT2D eigenvalue weighted by molar-refractivity contribution is 5.93. The first-order valence-corrected chi connectivity index (χ1v) is 8.79. The molecule has 1 amide bonds. The molecule has 1 aromatic heterocycles. The second kappa shape index (κ2) is 9.90. The number of alkyl halides is 3. The molecule has 2 aromatic rings. The van der Waals surface area contributed by atoms with Crippen LogP contribution in [-0.2, 0) is 6.54 Å². The zero-order valence-electron chi connectivity index (χ0n) is 15.2. The maximum Gasteiger partial charge on any atom is 0.405 e. The van der Waals surface area contributed by atoms with Gasteiger partial charge in [-0.1, -0.05) is 30.3 Å². The molecular weight excluding hydrogens is 395 g/mol. The number of piperazine rings is 1. The largest absolute Gasteiger partial charge is 0.405 e. The van der Waals surface area contributed by atoms with E-state index in [1.54, 1.807) is 4.68 Å². The lowest BCUT2D eigenvalue weighted by Gasteiger charge is -2.35. The summed E-state index contributed by atoms with van der Waals surface area (Å²) in [4.78, 5) is 13.6. The Morgan fingerprint density at radius 1 is 1.21 bits per heavy atom. The summed E-state index contributed by atoms with van der Waals surface area (Å²) in [5, 5.41) is 9.55.